The van der Waals surface area contributed by atoms with Crippen molar-refractivity contribution in [2.24, 2.45) is 0 Å². The lowest BCUT2D eigenvalue weighted by atomic mass is 10.3. The molecule has 0 saturated heterocycles. The number of fused-ring (bicyclic) bond motifs is 2. The maximum Gasteiger partial charge on any atom is 0.365 e. The molecule has 54 valence electrons. The smallest absolute Gasteiger partial charge is 0.365 e. The number of nitrogens with zero attached hydrogens (tertiary/aromatic N) is 2. The molecule has 0 unspecified atom stereocenters. The van der Waals surface area contributed by atoms with Gasteiger partial charge in [0.1, 0.15) is 6.33 Å². The molecule has 2 heterocycles. The third-order valence-electron chi connectivity index (χ3n) is 1.27. The SMILES string of the molecule is O=C1OC(=O)c2cc1ncn2. The fourth-order valence-corrected chi connectivity index (χ4v) is 0.769. The molecule has 0 atom stereocenters. The van der Waals surface area contributed by atoms with Crippen molar-refractivity contribution >= 4 is 11.9 Å². The molecule has 0 saturated carbocycles. The van der Waals surface area contributed by atoms with E-state index in [0.717, 1.165) is 6.33 Å². The van der Waals surface area contributed by atoms with Crippen LogP contribution in [0.25, 0.3) is 0 Å². The summed E-state index contributed by atoms with van der Waals surface area (Å²) in [5.41, 5.74) is 0.240. The standard InChI is InChI=1S/C6H2N2O3/c9-5-3-1-4(6(10)11-5)8-2-7-3/h1-2H. The Hall–Kier alpha value is -1.78. The lowest BCUT2D eigenvalue weighted by Gasteiger charge is -2.07. The van der Waals surface area contributed by atoms with Crippen LogP contribution in [0.4, 0.5) is 0 Å². The van der Waals surface area contributed by atoms with E-state index in [2.05, 4.69) is 14.7 Å². The summed E-state index contributed by atoms with van der Waals surface area (Å²) in [6.45, 7) is 0. The predicted octanol–water partition coefficient (Wildman–Crippen LogP) is -0.213. The molecule has 5 nitrogen and oxygen atoms in total. The Morgan fingerprint density at radius 2 is 1.64 bits per heavy atom. The van der Waals surface area contributed by atoms with E-state index < -0.39 is 11.9 Å². The predicted molar refractivity (Wildman–Crippen MR) is 31.8 cm³/mol. The van der Waals surface area contributed by atoms with Crippen LogP contribution in [0.1, 0.15) is 21.0 Å². The Bertz CT molecular complexity index is 318. The first-order valence-electron chi connectivity index (χ1n) is 2.86. The summed E-state index contributed by atoms with van der Waals surface area (Å²) in [7, 11) is 0. The molecule has 1 aliphatic rings. The maximum absolute atomic E-state index is 10.7. The van der Waals surface area contributed by atoms with E-state index in [1.165, 1.54) is 6.07 Å². The molecule has 2 rings (SSSR count). The van der Waals surface area contributed by atoms with Crippen LogP contribution in [0.3, 0.4) is 0 Å². The quantitative estimate of drug-likeness (QED) is 0.378. The van der Waals surface area contributed by atoms with Gasteiger partial charge in [0.15, 0.2) is 11.4 Å². The molecule has 2 bridgehead atoms. The highest BCUT2D eigenvalue weighted by atomic mass is 16.6. The van der Waals surface area contributed by atoms with E-state index in [4.69, 9.17) is 0 Å². The number of hydrogen-bond donors (Lipinski definition) is 0. The molecule has 1 aromatic heterocycles. The van der Waals surface area contributed by atoms with Crippen molar-refractivity contribution in [1.82, 2.24) is 9.97 Å². The van der Waals surface area contributed by atoms with Crippen LogP contribution in [0.15, 0.2) is 12.4 Å². The van der Waals surface area contributed by atoms with Gasteiger partial charge in [-0.2, -0.15) is 0 Å². The molecular formula is C6H2N2O3. The number of ether oxygens (including phenoxy) is 1. The second kappa shape index (κ2) is 1.85. The maximum atomic E-state index is 10.7. The van der Waals surface area contributed by atoms with Crippen molar-refractivity contribution in [1.29, 1.82) is 0 Å². The van der Waals surface area contributed by atoms with Gasteiger partial charge < -0.3 is 4.74 Å². The van der Waals surface area contributed by atoms with Crippen molar-refractivity contribution in [3.63, 3.8) is 0 Å². The molecular weight excluding hydrogens is 148 g/mol. The Labute approximate surface area is 61.0 Å². The molecule has 1 aromatic rings. The zero-order valence-electron chi connectivity index (χ0n) is 5.27. The van der Waals surface area contributed by atoms with Crippen molar-refractivity contribution in [2.75, 3.05) is 0 Å². The Kier molecular flexibility index (Phi) is 1.00. The molecule has 0 amide bonds. The van der Waals surface area contributed by atoms with E-state index in [-0.39, 0.29) is 11.4 Å². The lowest BCUT2D eigenvalue weighted by Crippen LogP contribution is -2.21. The van der Waals surface area contributed by atoms with Gasteiger partial charge >= 0.3 is 11.9 Å². The van der Waals surface area contributed by atoms with Crippen LogP contribution in [-0.4, -0.2) is 21.9 Å². The molecule has 0 fully saturated rings. The number of hydrogen-bond acceptors (Lipinski definition) is 5. The van der Waals surface area contributed by atoms with E-state index in [1.54, 1.807) is 0 Å². The minimum atomic E-state index is -0.718. The van der Waals surface area contributed by atoms with E-state index in [0.29, 0.717) is 0 Å². The highest BCUT2D eigenvalue weighted by Crippen LogP contribution is 2.08. The zero-order valence-corrected chi connectivity index (χ0v) is 5.27. The summed E-state index contributed by atoms with van der Waals surface area (Å²) in [4.78, 5) is 28.6. The van der Waals surface area contributed by atoms with Crippen molar-refractivity contribution < 1.29 is 14.3 Å². The summed E-state index contributed by atoms with van der Waals surface area (Å²) in [6, 6.07) is 1.30. The molecule has 1 aliphatic heterocycles. The summed E-state index contributed by atoms with van der Waals surface area (Å²) in [5, 5.41) is 0. The van der Waals surface area contributed by atoms with E-state index in [9.17, 15) is 9.59 Å². The average molecular weight is 150 g/mol. The summed E-state index contributed by atoms with van der Waals surface area (Å²) >= 11 is 0. The topological polar surface area (TPSA) is 69.2 Å². The van der Waals surface area contributed by atoms with Crippen molar-refractivity contribution in [2.45, 2.75) is 0 Å². The van der Waals surface area contributed by atoms with Crippen LogP contribution < -0.4 is 0 Å². The third kappa shape index (κ3) is 0.778. The minimum absolute atomic E-state index is 0.120. The van der Waals surface area contributed by atoms with E-state index >= 15 is 0 Å². The number of esters is 2. The van der Waals surface area contributed by atoms with Gasteiger partial charge in [-0.05, 0) is 0 Å². The van der Waals surface area contributed by atoms with Crippen LogP contribution in [0.5, 0.6) is 0 Å². The molecule has 0 radical (unpaired) electrons. The van der Waals surface area contributed by atoms with Crippen molar-refractivity contribution in [3.8, 4) is 0 Å². The van der Waals surface area contributed by atoms with Gasteiger partial charge in [-0.25, -0.2) is 19.6 Å². The number of rotatable bonds is 0. The monoisotopic (exact) mass is 150 g/mol. The first kappa shape index (κ1) is 5.96. The lowest BCUT2D eigenvalue weighted by molar-refractivity contribution is 0.0373. The molecule has 0 aliphatic carbocycles. The normalized spacial score (nSPS) is 14.5. The Balaban J connectivity index is 2.67. The Morgan fingerprint density at radius 3 is 2.18 bits per heavy atom. The molecule has 11 heavy (non-hydrogen) atoms. The van der Waals surface area contributed by atoms with Crippen LogP contribution in [0.2, 0.25) is 0 Å². The zero-order chi connectivity index (χ0) is 7.84. The van der Waals surface area contributed by atoms with Crippen LogP contribution in [0, 0.1) is 0 Å². The second-order valence-corrected chi connectivity index (χ2v) is 1.97. The van der Waals surface area contributed by atoms with Gasteiger partial charge in [0.25, 0.3) is 0 Å². The van der Waals surface area contributed by atoms with Gasteiger partial charge in [-0.1, -0.05) is 0 Å². The summed E-state index contributed by atoms with van der Waals surface area (Å²) in [6.07, 6.45) is 1.16. The number of carbonyl (C=O) groups excluding carboxylic acids is 2. The summed E-state index contributed by atoms with van der Waals surface area (Å²) < 4.78 is 4.26. The van der Waals surface area contributed by atoms with Crippen LogP contribution >= 0.6 is 0 Å². The minimum Gasteiger partial charge on any atom is -0.383 e. The fourth-order valence-electron chi connectivity index (χ4n) is 0.769. The highest BCUT2D eigenvalue weighted by molar-refractivity contribution is 6.04. The van der Waals surface area contributed by atoms with Gasteiger partial charge in [-0.15, -0.1) is 0 Å². The largest absolute Gasteiger partial charge is 0.383 e. The van der Waals surface area contributed by atoms with Gasteiger partial charge in [0, 0.05) is 6.07 Å². The molecule has 0 spiro atoms. The highest BCUT2D eigenvalue weighted by Gasteiger charge is 2.24. The van der Waals surface area contributed by atoms with Gasteiger partial charge in [0.05, 0.1) is 0 Å². The van der Waals surface area contributed by atoms with E-state index in [1.807, 2.05) is 0 Å². The summed E-state index contributed by atoms with van der Waals surface area (Å²) in [5.74, 6) is -1.44. The van der Waals surface area contributed by atoms with Crippen LogP contribution in [-0.2, 0) is 4.74 Å². The molecule has 0 aromatic carbocycles. The first-order chi connectivity index (χ1) is 5.27. The average Bonchev–Trinajstić information content (AvgIpc) is 2.02. The first-order valence-corrected chi connectivity index (χ1v) is 2.86. The number of carbonyl (C=O) groups is 2. The van der Waals surface area contributed by atoms with Gasteiger partial charge in [0.2, 0.25) is 0 Å². The fraction of sp³-hybridized carbons (Fsp3) is 0. The van der Waals surface area contributed by atoms with Gasteiger partial charge in [-0.3, -0.25) is 0 Å². The third-order valence-corrected chi connectivity index (χ3v) is 1.27. The number of aromatic nitrogens is 2. The Morgan fingerprint density at radius 1 is 1.09 bits per heavy atom. The van der Waals surface area contributed by atoms with Crippen molar-refractivity contribution in [3.05, 3.63) is 23.8 Å². The molecule has 0 N–H and O–H groups in total. The second-order valence-electron chi connectivity index (χ2n) is 1.97. The number of cyclic esters (lactones) is 2. The molecule has 5 heteroatoms.